The second-order valence-corrected chi connectivity index (χ2v) is 6.25. The molecule has 0 saturated carbocycles. The average molecular weight is 312 g/mol. The van der Waals surface area contributed by atoms with Gasteiger partial charge in [-0.05, 0) is 42.6 Å². The Morgan fingerprint density at radius 1 is 0.913 bits per heavy atom. The molecule has 1 aliphatic heterocycles. The van der Waals surface area contributed by atoms with Crippen molar-refractivity contribution in [2.24, 2.45) is 0 Å². The minimum atomic E-state index is -0.165. The number of halogens is 1. The highest BCUT2D eigenvalue weighted by molar-refractivity contribution is 5.32. The third kappa shape index (κ3) is 4.63. The predicted octanol–water partition coefficient (Wildman–Crippen LogP) is 3.64. The molecular formula is C20H25FN2. The smallest absolute Gasteiger partial charge is 0.123 e. The molecule has 1 fully saturated rings. The van der Waals surface area contributed by atoms with E-state index in [0.29, 0.717) is 5.92 Å². The van der Waals surface area contributed by atoms with E-state index in [9.17, 15) is 4.39 Å². The van der Waals surface area contributed by atoms with E-state index < -0.39 is 0 Å². The average Bonchev–Trinajstić information content (AvgIpc) is 2.61. The van der Waals surface area contributed by atoms with Gasteiger partial charge in [-0.2, -0.15) is 0 Å². The van der Waals surface area contributed by atoms with Gasteiger partial charge in [0.1, 0.15) is 5.82 Å². The Hall–Kier alpha value is -1.71. The molecule has 1 atom stereocenters. The minimum Gasteiger partial charge on any atom is -0.314 e. The van der Waals surface area contributed by atoms with Crippen LogP contribution in [0, 0.1) is 5.82 Å². The molecule has 0 unspecified atom stereocenters. The zero-order chi connectivity index (χ0) is 15.9. The molecule has 1 aliphatic rings. The quantitative estimate of drug-likeness (QED) is 0.876. The van der Waals surface area contributed by atoms with Crippen LogP contribution >= 0.6 is 0 Å². The molecule has 0 amide bonds. The molecule has 1 heterocycles. The highest BCUT2D eigenvalue weighted by Gasteiger charge is 2.15. The van der Waals surface area contributed by atoms with Gasteiger partial charge in [-0.15, -0.1) is 0 Å². The van der Waals surface area contributed by atoms with E-state index in [-0.39, 0.29) is 5.82 Å². The van der Waals surface area contributed by atoms with Crippen molar-refractivity contribution >= 4 is 0 Å². The van der Waals surface area contributed by atoms with Gasteiger partial charge >= 0.3 is 0 Å². The van der Waals surface area contributed by atoms with E-state index in [4.69, 9.17) is 0 Å². The fourth-order valence-corrected chi connectivity index (χ4v) is 3.36. The summed E-state index contributed by atoms with van der Waals surface area (Å²) in [6.07, 6.45) is 2.26. The molecule has 0 aromatic heterocycles. The molecule has 122 valence electrons. The van der Waals surface area contributed by atoms with Crippen LogP contribution in [0.4, 0.5) is 4.39 Å². The number of nitrogens with zero attached hydrogens (tertiary/aromatic N) is 1. The molecule has 1 saturated heterocycles. The van der Waals surface area contributed by atoms with E-state index in [1.54, 1.807) is 12.1 Å². The van der Waals surface area contributed by atoms with Crippen LogP contribution in [0.25, 0.3) is 0 Å². The fraction of sp³-hybridized carbons (Fsp3) is 0.400. The minimum absolute atomic E-state index is 0.165. The van der Waals surface area contributed by atoms with Gasteiger partial charge in [0.2, 0.25) is 0 Å². The Kier molecular flexibility index (Phi) is 5.78. The molecule has 2 aromatic carbocycles. The molecule has 3 heteroatoms. The van der Waals surface area contributed by atoms with Gasteiger partial charge in [0.25, 0.3) is 0 Å². The first-order chi connectivity index (χ1) is 11.3. The van der Waals surface area contributed by atoms with Crippen molar-refractivity contribution < 1.29 is 4.39 Å². The van der Waals surface area contributed by atoms with E-state index in [1.807, 2.05) is 18.2 Å². The normalized spacial score (nSPS) is 17.1. The van der Waals surface area contributed by atoms with Crippen molar-refractivity contribution in [3.05, 3.63) is 71.5 Å². The van der Waals surface area contributed by atoms with E-state index in [1.165, 1.54) is 11.1 Å². The molecular weight excluding hydrogens is 287 g/mol. The van der Waals surface area contributed by atoms with Crippen molar-refractivity contribution in [2.45, 2.75) is 18.8 Å². The summed E-state index contributed by atoms with van der Waals surface area (Å²) >= 11 is 0. The third-order valence-electron chi connectivity index (χ3n) is 4.65. The number of rotatable bonds is 6. The Morgan fingerprint density at radius 2 is 1.57 bits per heavy atom. The maximum absolute atomic E-state index is 13.2. The largest absolute Gasteiger partial charge is 0.314 e. The SMILES string of the molecule is Fc1ccc([C@@H](CCCN2CCNCC2)c2ccccc2)cc1. The number of nitrogens with one attached hydrogen (secondary N) is 1. The van der Waals surface area contributed by atoms with Crippen molar-refractivity contribution in [3.63, 3.8) is 0 Å². The first kappa shape index (κ1) is 16.2. The lowest BCUT2D eigenvalue weighted by Gasteiger charge is -2.28. The van der Waals surface area contributed by atoms with Crippen LogP contribution in [-0.2, 0) is 0 Å². The van der Waals surface area contributed by atoms with Crippen molar-refractivity contribution in [3.8, 4) is 0 Å². The van der Waals surface area contributed by atoms with Crippen molar-refractivity contribution in [1.29, 1.82) is 0 Å². The summed E-state index contributed by atoms with van der Waals surface area (Å²) in [7, 11) is 0. The standard InChI is InChI=1S/C20H25FN2/c21-19-10-8-18(9-11-19)20(17-5-2-1-3-6-17)7-4-14-23-15-12-22-13-16-23/h1-3,5-6,8-11,20,22H,4,7,12-16H2/t20-/m0/s1. The molecule has 0 aliphatic carbocycles. The number of benzene rings is 2. The molecule has 3 rings (SSSR count). The van der Waals surface area contributed by atoms with Crippen LogP contribution in [0.2, 0.25) is 0 Å². The molecule has 2 nitrogen and oxygen atoms in total. The van der Waals surface area contributed by atoms with E-state index in [2.05, 4.69) is 34.5 Å². The second kappa shape index (κ2) is 8.23. The van der Waals surface area contributed by atoms with E-state index in [0.717, 1.165) is 45.6 Å². The third-order valence-corrected chi connectivity index (χ3v) is 4.65. The predicted molar refractivity (Wildman–Crippen MR) is 93.2 cm³/mol. The lowest BCUT2D eigenvalue weighted by atomic mass is 9.87. The zero-order valence-electron chi connectivity index (χ0n) is 13.5. The van der Waals surface area contributed by atoms with Gasteiger partial charge in [0, 0.05) is 32.1 Å². The highest BCUT2D eigenvalue weighted by Crippen LogP contribution is 2.29. The van der Waals surface area contributed by atoms with Crippen molar-refractivity contribution in [2.75, 3.05) is 32.7 Å². The van der Waals surface area contributed by atoms with Gasteiger partial charge in [-0.25, -0.2) is 4.39 Å². The Balaban J connectivity index is 1.66. The van der Waals surface area contributed by atoms with E-state index >= 15 is 0 Å². The Morgan fingerprint density at radius 3 is 2.26 bits per heavy atom. The topological polar surface area (TPSA) is 15.3 Å². The van der Waals surface area contributed by atoms with Gasteiger partial charge in [0.05, 0.1) is 0 Å². The molecule has 1 N–H and O–H groups in total. The van der Waals surface area contributed by atoms with Gasteiger partial charge in [-0.1, -0.05) is 42.5 Å². The van der Waals surface area contributed by atoms with Gasteiger partial charge in [-0.3, -0.25) is 0 Å². The molecule has 23 heavy (non-hydrogen) atoms. The van der Waals surface area contributed by atoms with Crippen LogP contribution in [0.3, 0.4) is 0 Å². The molecule has 2 aromatic rings. The molecule has 0 bridgehead atoms. The highest BCUT2D eigenvalue weighted by atomic mass is 19.1. The lowest BCUT2D eigenvalue weighted by Crippen LogP contribution is -2.43. The summed E-state index contributed by atoms with van der Waals surface area (Å²) in [5.74, 6) is 0.182. The summed E-state index contributed by atoms with van der Waals surface area (Å²) in [5, 5.41) is 3.39. The van der Waals surface area contributed by atoms with Crippen LogP contribution in [-0.4, -0.2) is 37.6 Å². The van der Waals surface area contributed by atoms with Gasteiger partial charge in [0.15, 0.2) is 0 Å². The summed E-state index contributed by atoms with van der Waals surface area (Å²) in [6, 6.07) is 17.6. The zero-order valence-corrected chi connectivity index (χ0v) is 13.5. The lowest BCUT2D eigenvalue weighted by molar-refractivity contribution is 0.235. The number of hydrogen-bond donors (Lipinski definition) is 1. The number of hydrogen-bond acceptors (Lipinski definition) is 2. The summed E-state index contributed by atoms with van der Waals surface area (Å²) in [6.45, 7) is 5.63. The first-order valence-corrected chi connectivity index (χ1v) is 8.56. The van der Waals surface area contributed by atoms with Crippen LogP contribution < -0.4 is 5.32 Å². The van der Waals surface area contributed by atoms with Gasteiger partial charge < -0.3 is 10.2 Å². The fourth-order valence-electron chi connectivity index (χ4n) is 3.36. The number of piperazine rings is 1. The van der Waals surface area contributed by atoms with Crippen LogP contribution in [0.15, 0.2) is 54.6 Å². The maximum Gasteiger partial charge on any atom is 0.123 e. The van der Waals surface area contributed by atoms with Crippen LogP contribution in [0.5, 0.6) is 0 Å². The first-order valence-electron chi connectivity index (χ1n) is 8.56. The summed E-state index contributed by atoms with van der Waals surface area (Å²) in [4.78, 5) is 2.53. The monoisotopic (exact) mass is 312 g/mol. The maximum atomic E-state index is 13.2. The van der Waals surface area contributed by atoms with Crippen molar-refractivity contribution in [1.82, 2.24) is 10.2 Å². The molecule has 0 spiro atoms. The second-order valence-electron chi connectivity index (χ2n) is 6.25. The summed E-state index contributed by atoms with van der Waals surface area (Å²) < 4.78 is 13.2. The molecule has 0 radical (unpaired) electrons. The Labute approximate surface area is 138 Å². The Bertz CT molecular complexity index is 576. The van der Waals surface area contributed by atoms with Crippen LogP contribution in [0.1, 0.15) is 29.9 Å². The summed E-state index contributed by atoms with van der Waals surface area (Å²) in [5.41, 5.74) is 2.53.